The maximum atomic E-state index is 13.5. The van der Waals surface area contributed by atoms with Gasteiger partial charge in [0.05, 0.1) is 21.3 Å². The normalized spacial score (nSPS) is 16.1. The third-order valence-electron chi connectivity index (χ3n) is 7.19. The van der Waals surface area contributed by atoms with E-state index in [1.807, 2.05) is 60.7 Å². The van der Waals surface area contributed by atoms with E-state index >= 15 is 0 Å². The summed E-state index contributed by atoms with van der Waals surface area (Å²) in [6.45, 7) is 0. The van der Waals surface area contributed by atoms with E-state index < -0.39 is 23.6 Å². The molecule has 1 heterocycles. The fraction of sp³-hybridized carbons (Fsp3) is 0.182. The molecular weight excluding hydrogens is 524 g/mol. The Morgan fingerprint density at radius 2 is 1.46 bits per heavy atom. The van der Waals surface area contributed by atoms with Gasteiger partial charge in [-0.3, -0.25) is 4.79 Å². The predicted octanol–water partition coefficient (Wildman–Crippen LogP) is 6.38. The molecule has 0 amide bonds. The minimum Gasteiger partial charge on any atom is -0.507 e. The van der Waals surface area contributed by atoms with Gasteiger partial charge < -0.3 is 34.3 Å². The predicted molar refractivity (Wildman–Crippen MR) is 154 cm³/mol. The Hall–Kier alpha value is -5.11. The summed E-state index contributed by atoms with van der Waals surface area (Å²) in [7, 11) is 4.21. The molecule has 0 fully saturated rings. The Kier molecular flexibility index (Phi) is 7.74. The summed E-state index contributed by atoms with van der Waals surface area (Å²) in [6.07, 6.45) is 2.70. The number of methoxy groups -OCH3 is 3. The lowest BCUT2D eigenvalue weighted by molar-refractivity contribution is 0.104. The molecule has 3 N–H and O–H groups in total. The van der Waals surface area contributed by atoms with Crippen molar-refractivity contribution in [3.63, 3.8) is 0 Å². The number of allylic oxidation sites excluding steroid dienone is 1. The van der Waals surface area contributed by atoms with Crippen molar-refractivity contribution in [3.05, 3.63) is 107 Å². The molecule has 0 spiro atoms. The van der Waals surface area contributed by atoms with Crippen LogP contribution in [0.1, 0.15) is 51.1 Å². The number of phenols is 3. The van der Waals surface area contributed by atoms with Crippen LogP contribution in [0.3, 0.4) is 0 Å². The van der Waals surface area contributed by atoms with Crippen molar-refractivity contribution in [2.45, 2.75) is 18.4 Å². The molecule has 8 heteroatoms. The van der Waals surface area contributed by atoms with Crippen molar-refractivity contribution in [2.24, 2.45) is 0 Å². The van der Waals surface area contributed by atoms with Gasteiger partial charge in [-0.05, 0) is 17.2 Å². The fourth-order valence-electron chi connectivity index (χ4n) is 5.30. The molecule has 0 unspecified atom stereocenters. The van der Waals surface area contributed by atoms with Crippen LogP contribution in [0.25, 0.3) is 6.08 Å². The lowest BCUT2D eigenvalue weighted by Gasteiger charge is -2.35. The molecule has 4 aromatic carbocycles. The number of rotatable bonds is 8. The molecule has 1 aliphatic rings. The van der Waals surface area contributed by atoms with Crippen molar-refractivity contribution >= 4 is 11.9 Å². The Labute approximate surface area is 237 Å². The van der Waals surface area contributed by atoms with E-state index in [1.54, 1.807) is 6.08 Å². The molecule has 0 aliphatic carbocycles. The largest absolute Gasteiger partial charge is 0.507 e. The molecule has 0 radical (unpaired) electrons. The van der Waals surface area contributed by atoms with Crippen molar-refractivity contribution in [1.82, 2.24) is 0 Å². The van der Waals surface area contributed by atoms with E-state index in [0.717, 1.165) is 11.1 Å². The molecular formula is C33H30O8. The summed E-state index contributed by atoms with van der Waals surface area (Å²) in [6, 6.07) is 21.4. The molecule has 4 aromatic rings. The number of ketones is 1. The van der Waals surface area contributed by atoms with E-state index in [9.17, 15) is 20.1 Å². The van der Waals surface area contributed by atoms with Crippen LogP contribution in [-0.2, 0) is 0 Å². The average Bonchev–Trinajstić information content (AvgIpc) is 2.99. The SMILES string of the molecule is COc1cc(O)c([C@H]2C[C@H](c3ccccc3)Oc3c(OC)c(O)cc(OC)c32)c(O)c1C(=O)/C=C/c1ccccc1. The number of fused-ring (bicyclic) bond motifs is 1. The van der Waals surface area contributed by atoms with Gasteiger partial charge in [0.25, 0.3) is 0 Å². The molecule has 2 atom stereocenters. The molecule has 210 valence electrons. The average molecular weight is 555 g/mol. The van der Waals surface area contributed by atoms with Gasteiger partial charge in [0, 0.05) is 35.6 Å². The number of hydrogen-bond donors (Lipinski definition) is 3. The minimum absolute atomic E-state index is 0.0219. The van der Waals surface area contributed by atoms with Crippen LogP contribution in [0.2, 0.25) is 0 Å². The highest BCUT2D eigenvalue weighted by Gasteiger charge is 2.40. The summed E-state index contributed by atoms with van der Waals surface area (Å²) in [5.74, 6) is -1.56. The van der Waals surface area contributed by atoms with E-state index in [0.29, 0.717) is 5.56 Å². The summed E-state index contributed by atoms with van der Waals surface area (Å²) < 4.78 is 22.9. The highest BCUT2D eigenvalue weighted by atomic mass is 16.5. The van der Waals surface area contributed by atoms with Crippen molar-refractivity contribution in [2.75, 3.05) is 21.3 Å². The number of carbonyl (C=O) groups excluding carboxylic acids is 1. The molecule has 1 aliphatic heterocycles. The van der Waals surface area contributed by atoms with Gasteiger partial charge in [0.15, 0.2) is 17.3 Å². The Morgan fingerprint density at radius 1 is 0.829 bits per heavy atom. The first-order valence-corrected chi connectivity index (χ1v) is 13.0. The summed E-state index contributed by atoms with van der Waals surface area (Å²) in [5.41, 5.74) is 2.09. The smallest absolute Gasteiger partial charge is 0.203 e. The second-order valence-electron chi connectivity index (χ2n) is 9.52. The Bertz CT molecular complexity index is 1600. The molecule has 0 aromatic heterocycles. The van der Waals surface area contributed by atoms with Gasteiger partial charge in [-0.15, -0.1) is 0 Å². The monoisotopic (exact) mass is 554 g/mol. The Balaban J connectivity index is 1.71. The third kappa shape index (κ3) is 5.12. The summed E-state index contributed by atoms with van der Waals surface area (Å²) in [5, 5.41) is 33.6. The van der Waals surface area contributed by atoms with Crippen molar-refractivity contribution in [1.29, 1.82) is 0 Å². The summed E-state index contributed by atoms with van der Waals surface area (Å²) >= 11 is 0. The van der Waals surface area contributed by atoms with Crippen LogP contribution < -0.4 is 18.9 Å². The van der Waals surface area contributed by atoms with Crippen LogP contribution >= 0.6 is 0 Å². The number of aromatic hydroxyl groups is 3. The highest BCUT2D eigenvalue weighted by molar-refractivity contribution is 6.11. The maximum Gasteiger partial charge on any atom is 0.203 e. The first-order chi connectivity index (χ1) is 19.9. The van der Waals surface area contributed by atoms with Crippen LogP contribution in [-0.4, -0.2) is 42.4 Å². The van der Waals surface area contributed by atoms with Crippen molar-refractivity contribution < 1.29 is 39.1 Å². The first-order valence-electron chi connectivity index (χ1n) is 13.0. The van der Waals surface area contributed by atoms with Crippen LogP contribution in [0.15, 0.2) is 78.9 Å². The van der Waals surface area contributed by atoms with Crippen molar-refractivity contribution in [3.8, 4) is 40.2 Å². The zero-order valence-electron chi connectivity index (χ0n) is 22.8. The quantitative estimate of drug-likeness (QED) is 0.170. The van der Waals surface area contributed by atoms with E-state index in [-0.39, 0.29) is 52.0 Å². The van der Waals surface area contributed by atoms with E-state index in [2.05, 4.69) is 0 Å². The molecule has 0 saturated carbocycles. The maximum absolute atomic E-state index is 13.5. The minimum atomic E-state index is -0.732. The second-order valence-corrected chi connectivity index (χ2v) is 9.52. The molecule has 5 rings (SSSR count). The zero-order valence-corrected chi connectivity index (χ0v) is 22.8. The van der Waals surface area contributed by atoms with Crippen LogP contribution in [0.5, 0.6) is 40.2 Å². The standard InChI is InChI=1S/C33H30O8/c1-38-26-18-24(36)32(40-3)33-29(26)21(16-25(41-33)20-12-8-5-9-13-20)28-23(35)17-27(39-2)30(31(28)37)22(34)15-14-19-10-6-4-7-11-19/h4-15,17-18,21,25,35-37H,16H2,1-3H3/b15-14+/t21-,25-/m1/s1. The second kappa shape index (κ2) is 11.6. The van der Waals surface area contributed by atoms with E-state index in [1.165, 1.54) is 39.5 Å². The van der Waals surface area contributed by atoms with Crippen LogP contribution in [0, 0.1) is 0 Å². The van der Waals surface area contributed by atoms with Gasteiger partial charge in [-0.1, -0.05) is 66.7 Å². The number of benzene rings is 4. The lowest BCUT2D eigenvalue weighted by atomic mass is 9.80. The lowest BCUT2D eigenvalue weighted by Crippen LogP contribution is -2.22. The van der Waals surface area contributed by atoms with Gasteiger partial charge in [0.2, 0.25) is 5.75 Å². The van der Waals surface area contributed by atoms with Gasteiger partial charge in [-0.2, -0.15) is 0 Å². The van der Waals surface area contributed by atoms with Gasteiger partial charge in [-0.25, -0.2) is 0 Å². The number of carbonyl (C=O) groups is 1. The zero-order chi connectivity index (χ0) is 29.1. The molecule has 0 bridgehead atoms. The molecule has 41 heavy (non-hydrogen) atoms. The first kappa shape index (κ1) is 27.5. The number of phenolic OH excluding ortho intramolecular Hbond substituents is 3. The van der Waals surface area contributed by atoms with Gasteiger partial charge in [0.1, 0.15) is 34.7 Å². The third-order valence-corrected chi connectivity index (χ3v) is 7.19. The highest BCUT2D eigenvalue weighted by Crippen LogP contribution is 2.58. The number of hydrogen-bond acceptors (Lipinski definition) is 8. The topological polar surface area (TPSA) is 115 Å². The van der Waals surface area contributed by atoms with Crippen LogP contribution in [0.4, 0.5) is 0 Å². The fourth-order valence-corrected chi connectivity index (χ4v) is 5.30. The summed E-state index contributed by atoms with van der Waals surface area (Å²) in [4.78, 5) is 13.5. The number of ether oxygens (including phenoxy) is 4. The van der Waals surface area contributed by atoms with Gasteiger partial charge >= 0.3 is 0 Å². The molecule has 8 nitrogen and oxygen atoms in total. The molecule has 0 saturated heterocycles. The Morgan fingerprint density at radius 3 is 2.10 bits per heavy atom. The van der Waals surface area contributed by atoms with E-state index in [4.69, 9.17) is 18.9 Å².